The molecule has 0 saturated carbocycles. The lowest BCUT2D eigenvalue weighted by molar-refractivity contribution is 0.102. The highest BCUT2D eigenvalue weighted by atomic mass is 19.1. The van der Waals surface area contributed by atoms with E-state index in [1.54, 1.807) is 18.5 Å². The molecular formula is C22H23FN4O2. The summed E-state index contributed by atoms with van der Waals surface area (Å²) in [4.78, 5) is 24.7. The standard InChI is InChI=1S/C22H21FN4O2.H2/c1-4-17(16-7-9-21(26-11-16)29-5-2)15-6-8-20(25-10-15)27-22(28)18-12-24-13-19(23)14(18)3;/h4,6-13H,5H2,1-3H3,(H,25,27,28);1H/b17-4+;. The van der Waals surface area contributed by atoms with Crippen LogP contribution < -0.4 is 10.1 Å². The van der Waals surface area contributed by atoms with Gasteiger partial charge in [-0.25, -0.2) is 14.4 Å². The average Bonchev–Trinajstić information content (AvgIpc) is 2.73. The number of nitrogens with zero attached hydrogens (tertiary/aromatic N) is 3. The lowest BCUT2D eigenvalue weighted by Crippen LogP contribution is -2.15. The van der Waals surface area contributed by atoms with E-state index < -0.39 is 11.7 Å². The van der Waals surface area contributed by atoms with Crippen molar-refractivity contribution in [3.05, 3.63) is 83.2 Å². The molecule has 3 heterocycles. The predicted octanol–water partition coefficient (Wildman–Crippen LogP) is 4.67. The molecule has 29 heavy (non-hydrogen) atoms. The molecule has 3 aromatic rings. The van der Waals surface area contributed by atoms with Crippen LogP contribution in [0.25, 0.3) is 5.57 Å². The minimum absolute atomic E-state index is 0. The summed E-state index contributed by atoms with van der Waals surface area (Å²) in [5.74, 6) is -0.0490. The number of carbonyl (C=O) groups is 1. The maximum absolute atomic E-state index is 13.6. The van der Waals surface area contributed by atoms with Crippen molar-refractivity contribution in [1.82, 2.24) is 15.0 Å². The first-order valence-electron chi connectivity index (χ1n) is 9.17. The number of halogens is 1. The molecule has 0 fully saturated rings. The molecule has 0 bridgehead atoms. The average molecular weight is 394 g/mol. The van der Waals surface area contributed by atoms with E-state index in [1.807, 2.05) is 38.1 Å². The first-order chi connectivity index (χ1) is 14.0. The van der Waals surface area contributed by atoms with Gasteiger partial charge in [0.05, 0.1) is 18.4 Å². The van der Waals surface area contributed by atoms with E-state index in [0.29, 0.717) is 18.3 Å². The summed E-state index contributed by atoms with van der Waals surface area (Å²) in [6.45, 7) is 5.93. The fraction of sp³-hybridized carbons (Fsp3) is 0.182. The van der Waals surface area contributed by atoms with Crippen LogP contribution in [0.5, 0.6) is 5.88 Å². The molecule has 0 radical (unpaired) electrons. The van der Waals surface area contributed by atoms with E-state index in [1.165, 1.54) is 13.1 Å². The fourth-order valence-electron chi connectivity index (χ4n) is 2.81. The van der Waals surface area contributed by atoms with Crippen molar-refractivity contribution in [2.45, 2.75) is 20.8 Å². The topological polar surface area (TPSA) is 77.0 Å². The number of amides is 1. The van der Waals surface area contributed by atoms with Crippen LogP contribution in [0.4, 0.5) is 10.2 Å². The summed E-state index contributed by atoms with van der Waals surface area (Å²) in [5.41, 5.74) is 3.17. The van der Waals surface area contributed by atoms with Crippen LogP contribution in [-0.2, 0) is 0 Å². The van der Waals surface area contributed by atoms with Gasteiger partial charge in [-0.15, -0.1) is 0 Å². The summed E-state index contributed by atoms with van der Waals surface area (Å²) in [5, 5.41) is 2.67. The van der Waals surface area contributed by atoms with Crippen LogP contribution in [0.3, 0.4) is 0 Å². The third-order valence-electron chi connectivity index (χ3n) is 4.34. The Kier molecular flexibility index (Phi) is 6.29. The van der Waals surface area contributed by atoms with Gasteiger partial charge in [0.1, 0.15) is 11.6 Å². The Bertz CT molecular complexity index is 1040. The molecule has 0 aliphatic rings. The Hall–Kier alpha value is -3.61. The summed E-state index contributed by atoms with van der Waals surface area (Å²) >= 11 is 0. The third kappa shape index (κ3) is 4.63. The Morgan fingerprint density at radius 1 is 1.14 bits per heavy atom. The van der Waals surface area contributed by atoms with E-state index in [2.05, 4.69) is 20.3 Å². The Morgan fingerprint density at radius 2 is 1.86 bits per heavy atom. The minimum Gasteiger partial charge on any atom is -0.478 e. The number of hydrogen-bond acceptors (Lipinski definition) is 5. The molecule has 0 aromatic carbocycles. The number of pyridine rings is 3. The zero-order chi connectivity index (χ0) is 20.8. The zero-order valence-corrected chi connectivity index (χ0v) is 16.4. The number of ether oxygens (including phenoxy) is 1. The molecule has 0 unspecified atom stereocenters. The largest absolute Gasteiger partial charge is 0.478 e. The van der Waals surface area contributed by atoms with Gasteiger partial charge in [0.15, 0.2) is 0 Å². The molecule has 3 aromatic heterocycles. The van der Waals surface area contributed by atoms with Crippen molar-refractivity contribution < 1.29 is 15.3 Å². The van der Waals surface area contributed by atoms with Crippen LogP contribution in [0.15, 0.2) is 55.1 Å². The van der Waals surface area contributed by atoms with Gasteiger partial charge in [0.2, 0.25) is 5.88 Å². The summed E-state index contributed by atoms with van der Waals surface area (Å²) < 4.78 is 19.0. The second-order valence-corrected chi connectivity index (χ2v) is 6.20. The summed E-state index contributed by atoms with van der Waals surface area (Å²) in [7, 11) is 0. The highest BCUT2D eigenvalue weighted by Gasteiger charge is 2.14. The minimum atomic E-state index is -0.525. The Labute approximate surface area is 170 Å². The fourth-order valence-corrected chi connectivity index (χ4v) is 2.81. The lowest BCUT2D eigenvalue weighted by Gasteiger charge is -2.10. The van der Waals surface area contributed by atoms with Gasteiger partial charge in [0, 0.05) is 42.8 Å². The van der Waals surface area contributed by atoms with Crippen LogP contribution in [0, 0.1) is 12.7 Å². The molecule has 1 N–H and O–H groups in total. The molecule has 0 atom stereocenters. The number of anilines is 1. The molecule has 0 saturated heterocycles. The highest BCUT2D eigenvalue weighted by Crippen LogP contribution is 2.24. The number of allylic oxidation sites excluding steroid dienone is 1. The second kappa shape index (κ2) is 9.05. The molecule has 0 spiro atoms. The van der Waals surface area contributed by atoms with Crippen LogP contribution in [-0.4, -0.2) is 27.5 Å². The maximum Gasteiger partial charge on any atom is 0.258 e. The molecule has 7 heteroatoms. The molecular weight excluding hydrogens is 371 g/mol. The van der Waals surface area contributed by atoms with E-state index in [-0.39, 0.29) is 12.6 Å². The molecule has 0 aliphatic heterocycles. The smallest absolute Gasteiger partial charge is 0.258 e. The van der Waals surface area contributed by atoms with Crippen LogP contribution in [0.2, 0.25) is 0 Å². The van der Waals surface area contributed by atoms with Gasteiger partial charge in [-0.2, -0.15) is 0 Å². The van der Waals surface area contributed by atoms with Gasteiger partial charge in [-0.05, 0) is 44.5 Å². The van der Waals surface area contributed by atoms with Crippen molar-refractivity contribution in [3.8, 4) is 5.88 Å². The van der Waals surface area contributed by atoms with E-state index in [9.17, 15) is 9.18 Å². The first-order valence-corrected chi connectivity index (χ1v) is 9.17. The maximum atomic E-state index is 13.6. The molecule has 150 valence electrons. The summed E-state index contributed by atoms with van der Waals surface area (Å²) in [6, 6.07) is 7.30. The van der Waals surface area contributed by atoms with E-state index >= 15 is 0 Å². The molecule has 3 rings (SSSR count). The van der Waals surface area contributed by atoms with Gasteiger partial charge in [-0.1, -0.05) is 6.08 Å². The van der Waals surface area contributed by atoms with Crippen molar-refractivity contribution in [2.24, 2.45) is 0 Å². The van der Waals surface area contributed by atoms with Gasteiger partial charge >= 0.3 is 0 Å². The van der Waals surface area contributed by atoms with Crippen LogP contribution >= 0.6 is 0 Å². The van der Waals surface area contributed by atoms with E-state index in [0.717, 1.165) is 22.9 Å². The monoisotopic (exact) mass is 394 g/mol. The van der Waals surface area contributed by atoms with Crippen molar-refractivity contribution in [2.75, 3.05) is 11.9 Å². The molecule has 1 amide bonds. The number of aromatic nitrogens is 3. The van der Waals surface area contributed by atoms with Gasteiger partial charge in [-0.3, -0.25) is 9.78 Å². The van der Waals surface area contributed by atoms with Gasteiger partial charge in [0.25, 0.3) is 5.91 Å². The molecule has 0 aliphatic carbocycles. The second-order valence-electron chi connectivity index (χ2n) is 6.20. The number of nitrogens with one attached hydrogen (secondary N) is 1. The quantitative estimate of drug-likeness (QED) is 0.658. The number of hydrogen-bond donors (Lipinski definition) is 1. The SMILES string of the molecule is C/C=C(\c1ccc(NC(=O)c2cncc(F)c2C)nc1)c1ccc(OCC)nc1.[HH]. The molecule has 6 nitrogen and oxygen atoms in total. The van der Waals surface area contributed by atoms with Crippen molar-refractivity contribution >= 4 is 17.3 Å². The lowest BCUT2D eigenvalue weighted by atomic mass is 10.0. The highest BCUT2D eigenvalue weighted by molar-refractivity contribution is 6.04. The van der Waals surface area contributed by atoms with Gasteiger partial charge < -0.3 is 10.1 Å². The zero-order valence-electron chi connectivity index (χ0n) is 16.4. The Balaban J connectivity index is 0.00000320. The predicted molar refractivity (Wildman–Crippen MR) is 111 cm³/mol. The van der Waals surface area contributed by atoms with Crippen molar-refractivity contribution in [1.29, 1.82) is 0 Å². The summed E-state index contributed by atoms with van der Waals surface area (Å²) in [6.07, 6.45) is 7.79. The Morgan fingerprint density at radius 3 is 2.45 bits per heavy atom. The van der Waals surface area contributed by atoms with E-state index in [4.69, 9.17) is 4.74 Å². The first kappa shape index (κ1) is 20.1. The normalized spacial score (nSPS) is 11.2. The van der Waals surface area contributed by atoms with Crippen LogP contribution in [0.1, 0.15) is 42.3 Å². The van der Waals surface area contributed by atoms with Crippen molar-refractivity contribution in [3.63, 3.8) is 0 Å². The third-order valence-corrected chi connectivity index (χ3v) is 4.34. The number of rotatable bonds is 6. The number of carbonyl (C=O) groups excluding carboxylic acids is 1.